The fraction of sp³-hybridized carbons (Fsp3) is 0.545. The Labute approximate surface area is 156 Å². The molecule has 2 heterocycles. The number of rotatable bonds is 4. The Morgan fingerprint density at radius 3 is 2.81 bits per heavy atom. The van der Waals surface area contributed by atoms with Crippen LogP contribution in [0.4, 0.5) is 5.82 Å². The zero-order valence-corrected chi connectivity index (χ0v) is 15.9. The van der Waals surface area contributed by atoms with Gasteiger partial charge in [0.1, 0.15) is 11.6 Å². The van der Waals surface area contributed by atoms with Crippen LogP contribution in [-0.4, -0.2) is 28.2 Å². The van der Waals surface area contributed by atoms with Crippen LogP contribution in [-0.2, 0) is 12.0 Å². The highest BCUT2D eigenvalue weighted by atomic mass is 16.3. The molecule has 2 aliphatic rings. The molecule has 138 valence electrons. The van der Waals surface area contributed by atoms with Crippen LogP contribution in [0.3, 0.4) is 0 Å². The zero-order chi connectivity index (χ0) is 18.1. The maximum Gasteiger partial charge on any atom is 0.135 e. The number of aryl methyl sites for hydroxylation is 2. The minimum atomic E-state index is -0.716. The van der Waals surface area contributed by atoms with Gasteiger partial charge in [-0.05, 0) is 44.1 Å². The summed E-state index contributed by atoms with van der Waals surface area (Å²) in [6.45, 7) is 6.03. The van der Waals surface area contributed by atoms with Crippen LogP contribution in [0.1, 0.15) is 49.6 Å². The first-order chi connectivity index (χ1) is 12.6. The Morgan fingerprint density at radius 1 is 1.23 bits per heavy atom. The van der Waals surface area contributed by atoms with E-state index in [1.165, 1.54) is 12.0 Å². The first kappa shape index (κ1) is 17.5. The molecule has 1 aromatic heterocycles. The molecule has 1 aliphatic carbocycles. The first-order valence-electron chi connectivity index (χ1n) is 9.97. The topological polar surface area (TPSA) is 49.2 Å². The van der Waals surface area contributed by atoms with Crippen molar-refractivity contribution in [3.8, 4) is 0 Å². The first-order valence-corrected chi connectivity index (χ1v) is 9.97. The minimum absolute atomic E-state index is 0.267. The van der Waals surface area contributed by atoms with E-state index in [2.05, 4.69) is 28.9 Å². The molecule has 4 heteroatoms. The molecule has 0 radical (unpaired) electrons. The van der Waals surface area contributed by atoms with Gasteiger partial charge in [-0.15, -0.1) is 0 Å². The van der Waals surface area contributed by atoms with Gasteiger partial charge in [-0.3, -0.25) is 0 Å². The second kappa shape index (κ2) is 6.99. The summed E-state index contributed by atoms with van der Waals surface area (Å²) in [4.78, 5) is 11.6. The van der Waals surface area contributed by atoms with Crippen molar-refractivity contribution in [1.29, 1.82) is 0 Å². The fourth-order valence-corrected chi connectivity index (χ4v) is 4.98. The van der Waals surface area contributed by atoms with E-state index < -0.39 is 5.60 Å². The number of nitrogens with zero attached hydrogens (tertiary/aromatic N) is 3. The monoisotopic (exact) mass is 351 g/mol. The molecular formula is C22H29N3O. The van der Waals surface area contributed by atoms with Crippen molar-refractivity contribution in [2.75, 3.05) is 18.0 Å². The average molecular weight is 351 g/mol. The molecule has 1 saturated heterocycles. The molecule has 2 aromatic rings. The predicted octanol–water partition coefficient (Wildman–Crippen LogP) is 3.86. The van der Waals surface area contributed by atoms with E-state index >= 15 is 0 Å². The maximum atomic E-state index is 11.6. The molecule has 1 saturated carbocycles. The number of benzene rings is 1. The van der Waals surface area contributed by atoms with Crippen LogP contribution in [0.2, 0.25) is 0 Å². The summed E-state index contributed by atoms with van der Waals surface area (Å²) < 4.78 is 0. The molecule has 1 N–H and O–H groups in total. The lowest BCUT2D eigenvalue weighted by Gasteiger charge is -2.41. The molecular weight excluding hydrogens is 322 g/mol. The van der Waals surface area contributed by atoms with Gasteiger partial charge in [0, 0.05) is 30.8 Å². The number of hydrogen-bond acceptors (Lipinski definition) is 4. The lowest BCUT2D eigenvalue weighted by molar-refractivity contribution is -0.0631. The van der Waals surface area contributed by atoms with Gasteiger partial charge in [0.15, 0.2) is 0 Å². The van der Waals surface area contributed by atoms with Crippen LogP contribution in [0, 0.1) is 18.8 Å². The Kier molecular flexibility index (Phi) is 4.70. The van der Waals surface area contributed by atoms with E-state index in [-0.39, 0.29) is 5.92 Å². The normalized spacial score (nSPS) is 28.2. The van der Waals surface area contributed by atoms with Gasteiger partial charge < -0.3 is 10.0 Å². The molecule has 3 atom stereocenters. The summed E-state index contributed by atoms with van der Waals surface area (Å²) in [5.74, 6) is 2.71. The van der Waals surface area contributed by atoms with E-state index in [4.69, 9.17) is 4.98 Å². The summed E-state index contributed by atoms with van der Waals surface area (Å²) in [5, 5.41) is 11.6. The lowest BCUT2D eigenvalue weighted by Crippen LogP contribution is -2.42. The summed E-state index contributed by atoms with van der Waals surface area (Å²) in [6, 6.07) is 10.3. The van der Waals surface area contributed by atoms with Crippen molar-refractivity contribution in [2.45, 2.75) is 51.6 Å². The largest absolute Gasteiger partial charge is 0.385 e. The third-order valence-electron chi connectivity index (χ3n) is 6.24. The second-order valence-electron chi connectivity index (χ2n) is 7.97. The van der Waals surface area contributed by atoms with E-state index in [1.807, 2.05) is 31.3 Å². The number of fused-ring (bicyclic) bond motifs is 1. The van der Waals surface area contributed by atoms with E-state index in [0.717, 1.165) is 56.0 Å². The van der Waals surface area contributed by atoms with E-state index in [1.54, 1.807) is 0 Å². The summed E-state index contributed by atoms with van der Waals surface area (Å²) in [6.07, 6.45) is 7.23. The van der Waals surface area contributed by atoms with Crippen LogP contribution >= 0.6 is 0 Å². The third-order valence-corrected chi connectivity index (χ3v) is 6.24. The van der Waals surface area contributed by atoms with E-state index in [9.17, 15) is 5.11 Å². The van der Waals surface area contributed by atoms with Crippen LogP contribution in [0.15, 0.2) is 36.5 Å². The van der Waals surface area contributed by atoms with Crippen LogP contribution in [0.25, 0.3) is 0 Å². The number of anilines is 1. The number of aliphatic hydroxyl groups is 1. The molecule has 0 unspecified atom stereocenters. The fourth-order valence-electron chi connectivity index (χ4n) is 4.98. The molecule has 1 aromatic carbocycles. The van der Waals surface area contributed by atoms with Gasteiger partial charge in [0.05, 0.1) is 5.60 Å². The highest BCUT2D eigenvalue weighted by molar-refractivity contribution is 5.48. The predicted molar refractivity (Wildman–Crippen MR) is 104 cm³/mol. The molecule has 1 aliphatic heterocycles. The smallest absolute Gasteiger partial charge is 0.135 e. The number of hydrogen-bond donors (Lipinski definition) is 1. The molecule has 26 heavy (non-hydrogen) atoms. The zero-order valence-electron chi connectivity index (χ0n) is 15.9. The lowest BCUT2D eigenvalue weighted by atomic mass is 9.67. The SMILES string of the molecule is CCCc1cnc(C)nc1N1C[C@@H]2CCC[C@@](O)(c3ccccc3)[C@@H]2C1. The molecule has 4 rings (SSSR count). The molecule has 0 spiro atoms. The Bertz CT molecular complexity index is 763. The summed E-state index contributed by atoms with van der Waals surface area (Å²) >= 11 is 0. The Morgan fingerprint density at radius 2 is 2.04 bits per heavy atom. The average Bonchev–Trinajstić information content (AvgIpc) is 3.10. The van der Waals surface area contributed by atoms with Crippen molar-refractivity contribution in [1.82, 2.24) is 9.97 Å². The van der Waals surface area contributed by atoms with Gasteiger partial charge in [-0.2, -0.15) is 0 Å². The third kappa shape index (κ3) is 3.01. The minimum Gasteiger partial charge on any atom is -0.385 e. The van der Waals surface area contributed by atoms with Gasteiger partial charge >= 0.3 is 0 Å². The van der Waals surface area contributed by atoms with Crippen molar-refractivity contribution < 1.29 is 5.11 Å². The van der Waals surface area contributed by atoms with Crippen LogP contribution < -0.4 is 4.90 Å². The van der Waals surface area contributed by atoms with Gasteiger partial charge in [0.25, 0.3) is 0 Å². The molecule has 0 amide bonds. The maximum absolute atomic E-state index is 11.6. The van der Waals surface area contributed by atoms with E-state index in [0.29, 0.717) is 5.92 Å². The van der Waals surface area contributed by atoms with Crippen molar-refractivity contribution in [2.24, 2.45) is 11.8 Å². The summed E-state index contributed by atoms with van der Waals surface area (Å²) in [7, 11) is 0. The second-order valence-corrected chi connectivity index (χ2v) is 7.97. The van der Waals surface area contributed by atoms with Gasteiger partial charge in [-0.25, -0.2) is 9.97 Å². The number of aromatic nitrogens is 2. The standard InChI is InChI=1S/C22H29N3O/c1-3-8-17-13-23-16(2)24-21(17)25-14-18-9-7-12-22(26,20(18)15-25)19-10-5-4-6-11-19/h4-6,10-11,13,18,20,26H,3,7-9,12,14-15H2,1-2H3/t18-,20+,22+/m0/s1. The Balaban J connectivity index is 1.66. The van der Waals surface area contributed by atoms with Gasteiger partial charge in [-0.1, -0.05) is 43.7 Å². The quantitative estimate of drug-likeness (QED) is 0.909. The van der Waals surface area contributed by atoms with Crippen molar-refractivity contribution >= 4 is 5.82 Å². The van der Waals surface area contributed by atoms with Gasteiger partial charge in [0.2, 0.25) is 0 Å². The van der Waals surface area contributed by atoms with Crippen molar-refractivity contribution in [3.05, 3.63) is 53.5 Å². The Hall–Kier alpha value is -1.94. The molecule has 0 bridgehead atoms. The highest BCUT2D eigenvalue weighted by Gasteiger charge is 2.50. The highest BCUT2D eigenvalue weighted by Crippen LogP contribution is 2.49. The van der Waals surface area contributed by atoms with Crippen molar-refractivity contribution in [3.63, 3.8) is 0 Å². The van der Waals surface area contributed by atoms with Crippen LogP contribution in [0.5, 0.6) is 0 Å². The molecule has 4 nitrogen and oxygen atoms in total. The summed E-state index contributed by atoms with van der Waals surface area (Å²) in [5.41, 5.74) is 1.59. The molecule has 2 fully saturated rings.